The summed E-state index contributed by atoms with van der Waals surface area (Å²) < 4.78 is 0. The molecule has 1 aliphatic rings. The van der Waals surface area contributed by atoms with E-state index in [0.717, 1.165) is 12.0 Å². The molecule has 0 fully saturated rings. The monoisotopic (exact) mass is 205 g/mol. The van der Waals surface area contributed by atoms with Gasteiger partial charge >= 0.3 is 0 Å². The Labute approximate surface area is 87.4 Å². The highest BCUT2D eigenvalue weighted by Crippen LogP contribution is 2.39. The molecule has 1 aromatic rings. The Morgan fingerprint density at radius 2 is 2.50 bits per heavy atom. The first-order valence-corrected chi connectivity index (χ1v) is 5.50. The second-order valence-corrected chi connectivity index (χ2v) is 4.89. The molecule has 0 amide bonds. The zero-order valence-electron chi connectivity index (χ0n) is 7.99. The van der Waals surface area contributed by atoms with Crippen LogP contribution in [0.2, 0.25) is 0 Å². The zero-order chi connectivity index (χ0) is 9.97. The number of aliphatic imine (C=N–C) groups is 1. The Morgan fingerprint density at radius 1 is 1.64 bits per heavy atom. The minimum Gasteiger partial charge on any atom is -0.211 e. The van der Waals surface area contributed by atoms with Crippen LogP contribution in [0.3, 0.4) is 0 Å². The van der Waals surface area contributed by atoms with Crippen LogP contribution in [0.4, 0.5) is 0 Å². The Balaban J connectivity index is 2.34. The number of nitrogens with zero attached hydrogens (tertiary/aromatic N) is 1. The summed E-state index contributed by atoms with van der Waals surface area (Å²) in [5.41, 5.74) is 2.54. The third-order valence-corrected chi connectivity index (χ3v) is 3.65. The molecule has 2 rings (SSSR count). The van der Waals surface area contributed by atoms with Crippen molar-refractivity contribution in [3.8, 4) is 0 Å². The van der Waals surface area contributed by atoms with Gasteiger partial charge in [0.25, 0.3) is 0 Å². The van der Waals surface area contributed by atoms with Crippen molar-refractivity contribution in [1.29, 1.82) is 0 Å². The maximum absolute atomic E-state index is 10.0. The van der Waals surface area contributed by atoms with E-state index in [1.165, 1.54) is 10.5 Å². The summed E-state index contributed by atoms with van der Waals surface area (Å²) in [7, 11) is 0. The second-order valence-electron chi connectivity index (χ2n) is 3.45. The largest absolute Gasteiger partial charge is 0.235 e. The maximum atomic E-state index is 10.0. The van der Waals surface area contributed by atoms with Crippen LogP contribution in [0, 0.1) is 0 Å². The Bertz CT molecular complexity index is 396. The molecule has 72 valence electrons. The van der Waals surface area contributed by atoms with Crippen molar-refractivity contribution in [3.05, 3.63) is 29.3 Å². The molecule has 1 atom stereocenters. The molecular formula is C11H11NOS. The number of carbonyl (C=O) groups excluding carboxylic acids is 1. The summed E-state index contributed by atoms with van der Waals surface area (Å²) in [5.74, 6) is 0. The fourth-order valence-electron chi connectivity index (χ4n) is 1.74. The molecule has 0 N–H and O–H groups in total. The summed E-state index contributed by atoms with van der Waals surface area (Å²) >= 11 is 1.88. The van der Waals surface area contributed by atoms with Gasteiger partial charge in [-0.3, -0.25) is 0 Å². The van der Waals surface area contributed by atoms with Crippen LogP contribution in [-0.2, 0) is 17.8 Å². The third-order valence-electron chi connectivity index (χ3n) is 2.32. The van der Waals surface area contributed by atoms with Crippen molar-refractivity contribution in [1.82, 2.24) is 0 Å². The van der Waals surface area contributed by atoms with E-state index in [2.05, 4.69) is 18.0 Å². The van der Waals surface area contributed by atoms with E-state index < -0.39 is 0 Å². The zero-order valence-corrected chi connectivity index (χ0v) is 8.80. The quantitative estimate of drug-likeness (QED) is 0.548. The minimum absolute atomic E-state index is 0.465. The van der Waals surface area contributed by atoms with Gasteiger partial charge in [0.2, 0.25) is 6.08 Å². The van der Waals surface area contributed by atoms with Gasteiger partial charge in [-0.25, -0.2) is 9.79 Å². The molecule has 0 aliphatic carbocycles. The van der Waals surface area contributed by atoms with Crippen molar-refractivity contribution in [2.75, 3.05) is 0 Å². The Morgan fingerprint density at radius 3 is 3.29 bits per heavy atom. The van der Waals surface area contributed by atoms with E-state index in [1.54, 1.807) is 6.08 Å². The molecular weight excluding hydrogens is 194 g/mol. The molecule has 0 aromatic heterocycles. The van der Waals surface area contributed by atoms with Gasteiger partial charge in [0.15, 0.2) is 0 Å². The van der Waals surface area contributed by atoms with Gasteiger partial charge < -0.3 is 0 Å². The molecule has 1 aliphatic heterocycles. The lowest BCUT2D eigenvalue weighted by Gasteiger charge is -2.03. The van der Waals surface area contributed by atoms with E-state index in [1.807, 2.05) is 23.9 Å². The van der Waals surface area contributed by atoms with E-state index in [-0.39, 0.29) is 0 Å². The molecule has 1 heterocycles. The predicted octanol–water partition coefficient (Wildman–Crippen LogP) is 2.56. The average Bonchev–Trinajstić information content (AvgIpc) is 2.55. The van der Waals surface area contributed by atoms with Crippen LogP contribution >= 0.6 is 11.8 Å². The van der Waals surface area contributed by atoms with Gasteiger partial charge in [0.05, 0.1) is 6.54 Å². The molecule has 2 nitrogen and oxygen atoms in total. The molecule has 14 heavy (non-hydrogen) atoms. The molecule has 1 unspecified atom stereocenters. The molecule has 1 aromatic carbocycles. The Kier molecular flexibility index (Phi) is 2.71. The highest BCUT2D eigenvalue weighted by molar-refractivity contribution is 8.00. The number of isocyanates is 1. The summed E-state index contributed by atoms with van der Waals surface area (Å²) in [6, 6.07) is 6.22. The first-order valence-electron chi connectivity index (χ1n) is 4.62. The van der Waals surface area contributed by atoms with E-state index >= 15 is 0 Å². The summed E-state index contributed by atoms with van der Waals surface area (Å²) in [5, 5.41) is 0.645. The lowest BCUT2D eigenvalue weighted by molar-refractivity contribution is 0.562. The summed E-state index contributed by atoms with van der Waals surface area (Å²) in [6.07, 6.45) is 2.71. The first-order chi connectivity index (χ1) is 6.81. The number of thioether (sulfide) groups is 1. The average molecular weight is 205 g/mol. The van der Waals surface area contributed by atoms with E-state index in [9.17, 15) is 4.79 Å². The van der Waals surface area contributed by atoms with Gasteiger partial charge in [0.1, 0.15) is 0 Å². The topological polar surface area (TPSA) is 29.4 Å². The fraction of sp³-hybridized carbons (Fsp3) is 0.364. The van der Waals surface area contributed by atoms with Crippen molar-refractivity contribution in [2.24, 2.45) is 4.99 Å². The van der Waals surface area contributed by atoms with Gasteiger partial charge in [-0.05, 0) is 17.5 Å². The van der Waals surface area contributed by atoms with Crippen molar-refractivity contribution < 1.29 is 4.79 Å². The molecule has 0 spiro atoms. The standard InChI is InChI=1S/C11H11NOS/c1-8-5-9-3-2-4-10(6-12-7-13)11(9)14-8/h2-4,8H,5-6H2,1H3. The smallest absolute Gasteiger partial charge is 0.211 e. The van der Waals surface area contributed by atoms with Crippen molar-refractivity contribution in [3.63, 3.8) is 0 Å². The van der Waals surface area contributed by atoms with Crippen LogP contribution in [0.1, 0.15) is 18.1 Å². The van der Waals surface area contributed by atoms with Gasteiger partial charge in [-0.1, -0.05) is 25.1 Å². The molecule has 0 saturated carbocycles. The predicted molar refractivity (Wildman–Crippen MR) is 57.3 cm³/mol. The van der Waals surface area contributed by atoms with Crippen molar-refractivity contribution >= 4 is 17.8 Å². The number of hydrogen-bond donors (Lipinski definition) is 0. The van der Waals surface area contributed by atoms with Gasteiger partial charge in [0, 0.05) is 10.1 Å². The lowest BCUT2D eigenvalue weighted by atomic mass is 10.1. The van der Waals surface area contributed by atoms with Gasteiger partial charge in [-0.2, -0.15) is 0 Å². The summed E-state index contributed by atoms with van der Waals surface area (Å²) in [6.45, 7) is 2.68. The molecule has 0 saturated heterocycles. The van der Waals surface area contributed by atoms with Crippen LogP contribution < -0.4 is 0 Å². The highest BCUT2D eigenvalue weighted by Gasteiger charge is 2.20. The van der Waals surface area contributed by atoms with E-state index in [4.69, 9.17) is 0 Å². The molecule has 0 bridgehead atoms. The maximum Gasteiger partial charge on any atom is 0.235 e. The first kappa shape index (κ1) is 9.50. The number of hydrogen-bond acceptors (Lipinski definition) is 3. The van der Waals surface area contributed by atoms with Gasteiger partial charge in [-0.15, -0.1) is 11.8 Å². The highest BCUT2D eigenvalue weighted by atomic mass is 32.2. The van der Waals surface area contributed by atoms with Crippen LogP contribution in [0.25, 0.3) is 0 Å². The third kappa shape index (κ3) is 1.74. The summed E-state index contributed by atoms with van der Waals surface area (Å²) in [4.78, 5) is 15.0. The minimum atomic E-state index is 0.465. The second kappa shape index (κ2) is 3.99. The lowest BCUT2D eigenvalue weighted by Crippen LogP contribution is -1.90. The fourth-order valence-corrected chi connectivity index (χ4v) is 3.00. The number of benzene rings is 1. The van der Waals surface area contributed by atoms with Crippen molar-refractivity contribution in [2.45, 2.75) is 30.0 Å². The van der Waals surface area contributed by atoms with E-state index in [0.29, 0.717) is 11.8 Å². The SMILES string of the molecule is CC1Cc2cccc(CN=C=O)c2S1. The van der Waals surface area contributed by atoms with Crippen LogP contribution in [0.5, 0.6) is 0 Å². The normalized spacial score (nSPS) is 18.8. The number of rotatable bonds is 2. The van der Waals surface area contributed by atoms with Crippen LogP contribution in [0.15, 0.2) is 28.1 Å². The molecule has 0 radical (unpaired) electrons. The number of fused-ring (bicyclic) bond motifs is 1. The Hall–Kier alpha value is -1.05. The van der Waals surface area contributed by atoms with Crippen LogP contribution in [-0.4, -0.2) is 11.3 Å². The molecule has 3 heteroatoms.